The summed E-state index contributed by atoms with van der Waals surface area (Å²) in [6, 6.07) is 9.89. The molecule has 0 unspecified atom stereocenters. The summed E-state index contributed by atoms with van der Waals surface area (Å²) in [4.78, 5) is 6.71. The van der Waals surface area contributed by atoms with Gasteiger partial charge in [0.25, 0.3) is 10.0 Å². The Morgan fingerprint density at radius 1 is 1.21 bits per heavy atom. The third kappa shape index (κ3) is 3.19. The van der Waals surface area contributed by atoms with Crippen molar-refractivity contribution in [2.75, 3.05) is 12.8 Å². The largest absolute Gasteiger partial charge is 0.497 e. The fourth-order valence-electron chi connectivity index (χ4n) is 2.93. The summed E-state index contributed by atoms with van der Waals surface area (Å²) in [6.45, 7) is 0. The van der Waals surface area contributed by atoms with Crippen molar-refractivity contribution in [1.29, 1.82) is 0 Å². The minimum absolute atomic E-state index is 0. The van der Waals surface area contributed by atoms with Crippen molar-refractivity contribution in [2.45, 2.75) is 4.90 Å². The average molecular weight is 423 g/mol. The van der Waals surface area contributed by atoms with Gasteiger partial charge >= 0.3 is 0 Å². The Hall–Kier alpha value is -3.04. The van der Waals surface area contributed by atoms with E-state index in [-0.39, 0.29) is 23.3 Å². The van der Waals surface area contributed by atoms with Crippen LogP contribution >= 0.6 is 12.4 Å². The molecule has 2 heterocycles. The van der Waals surface area contributed by atoms with Gasteiger partial charge in [0.05, 0.1) is 29.4 Å². The van der Waals surface area contributed by atoms with Crippen molar-refractivity contribution in [3.8, 4) is 17.0 Å². The Morgan fingerprint density at radius 3 is 2.64 bits per heavy atom. The van der Waals surface area contributed by atoms with Crippen LogP contribution < -0.4 is 10.5 Å². The minimum atomic E-state index is -4.02. The number of halogens is 2. The summed E-state index contributed by atoms with van der Waals surface area (Å²) in [5, 5.41) is 0.623. The Bertz CT molecular complexity index is 1270. The number of imidazole rings is 1. The lowest BCUT2D eigenvalue weighted by molar-refractivity contribution is 0.415. The molecule has 3 N–H and O–H groups in total. The fraction of sp³-hybridized carbons (Fsp3) is 0.0556. The first kappa shape index (κ1) is 19.7. The first-order valence-corrected chi connectivity index (χ1v) is 9.35. The van der Waals surface area contributed by atoms with E-state index in [9.17, 15) is 12.8 Å². The monoisotopic (exact) mass is 422 g/mol. The lowest BCUT2D eigenvalue weighted by Crippen LogP contribution is -2.12. The average Bonchev–Trinajstić information content (AvgIpc) is 3.24. The zero-order chi connectivity index (χ0) is 19.2. The number of nitrogens with zero attached hydrogens (tertiary/aromatic N) is 2. The molecule has 0 bridgehead atoms. The Balaban J connectivity index is 0.00000225. The van der Waals surface area contributed by atoms with Crippen LogP contribution in [-0.2, 0) is 10.0 Å². The highest BCUT2D eigenvalue weighted by Gasteiger charge is 2.23. The van der Waals surface area contributed by atoms with Crippen LogP contribution in [0.1, 0.15) is 0 Å². The number of nitrogens with two attached hydrogens (primary N) is 1. The highest BCUT2D eigenvalue weighted by atomic mass is 35.5. The first-order valence-electron chi connectivity index (χ1n) is 7.91. The van der Waals surface area contributed by atoms with Crippen LogP contribution in [0.5, 0.6) is 5.75 Å². The molecule has 146 valence electrons. The van der Waals surface area contributed by atoms with Crippen molar-refractivity contribution >= 4 is 39.3 Å². The minimum Gasteiger partial charge on any atom is -0.497 e. The van der Waals surface area contributed by atoms with Crippen LogP contribution in [0.25, 0.3) is 22.2 Å². The lowest BCUT2D eigenvalue weighted by Gasteiger charge is -2.08. The van der Waals surface area contributed by atoms with Gasteiger partial charge in [0.2, 0.25) is 0 Å². The van der Waals surface area contributed by atoms with E-state index < -0.39 is 15.8 Å². The van der Waals surface area contributed by atoms with E-state index in [1.807, 2.05) is 0 Å². The van der Waals surface area contributed by atoms with E-state index in [1.165, 1.54) is 37.7 Å². The number of benzene rings is 2. The van der Waals surface area contributed by atoms with E-state index in [0.29, 0.717) is 27.9 Å². The molecule has 4 rings (SSSR count). The molecule has 2 aromatic heterocycles. The summed E-state index contributed by atoms with van der Waals surface area (Å²) < 4.78 is 46.2. The summed E-state index contributed by atoms with van der Waals surface area (Å²) >= 11 is 0. The number of ether oxygens (including phenoxy) is 1. The molecule has 4 aromatic rings. The number of H-pyrrole nitrogens is 1. The maximum absolute atomic E-state index is 13.6. The van der Waals surface area contributed by atoms with Crippen molar-refractivity contribution in [2.24, 2.45) is 0 Å². The van der Waals surface area contributed by atoms with Gasteiger partial charge in [-0.1, -0.05) is 6.07 Å². The molecule has 28 heavy (non-hydrogen) atoms. The van der Waals surface area contributed by atoms with E-state index in [4.69, 9.17) is 10.5 Å². The Kier molecular flexibility index (Phi) is 5.05. The van der Waals surface area contributed by atoms with E-state index in [0.717, 1.165) is 10.0 Å². The standard InChI is InChI=1S/C18H15FN4O3S.ClH/c1-26-12-5-6-17-14(8-12)15(16-9-21-18(20)22-16)10-23(17)27(24,25)13-4-2-3-11(19)7-13;/h2-10H,1H3,(H3,20,21,22);1H. The maximum atomic E-state index is 13.6. The second-order valence-electron chi connectivity index (χ2n) is 5.87. The van der Waals surface area contributed by atoms with Crippen LogP contribution in [0.2, 0.25) is 0 Å². The van der Waals surface area contributed by atoms with Crippen LogP contribution in [0.4, 0.5) is 10.3 Å². The number of nitrogens with one attached hydrogen (secondary N) is 1. The van der Waals surface area contributed by atoms with Gasteiger partial charge in [-0.15, -0.1) is 12.4 Å². The van der Waals surface area contributed by atoms with Crippen molar-refractivity contribution in [3.63, 3.8) is 0 Å². The number of aromatic nitrogens is 3. The molecule has 0 radical (unpaired) electrons. The summed E-state index contributed by atoms with van der Waals surface area (Å²) in [6.07, 6.45) is 2.97. The predicted molar refractivity (Wildman–Crippen MR) is 107 cm³/mol. The quantitative estimate of drug-likeness (QED) is 0.524. The molecule has 0 saturated carbocycles. The molecule has 0 spiro atoms. The third-order valence-electron chi connectivity index (χ3n) is 4.22. The molecule has 0 fully saturated rings. The SMILES string of the molecule is COc1ccc2c(c1)c(-c1cnc(N)[nH]1)cn2S(=O)(=O)c1cccc(F)c1.Cl. The van der Waals surface area contributed by atoms with Gasteiger partial charge in [0.1, 0.15) is 11.6 Å². The molecule has 2 aromatic carbocycles. The number of aromatic amines is 1. The predicted octanol–water partition coefficient (Wildman–Crippen LogP) is 3.42. The van der Waals surface area contributed by atoms with Gasteiger partial charge in [0.15, 0.2) is 5.95 Å². The van der Waals surface area contributed by atoms with Gasteiger partial charge in [-0.25, -0.2) is 21.8 Å². The number of hydrogen-bond acceptors (Lipinski definition) is 5. The smallest absolute Gasteiger partial charge is 0.268 e. The topological polar surface area (TPSA) is 103 Å². The number of fused-ring (bicyclic) bond motifs is 1. The molecule has 0 saturated heterocycles. The van der Waals surface area contributed by atoms with Gasteiger partial charge in [-0.3, -0.25) is 0 Å². The number of rotatable bonds is 4. The Morgan fingerprint density at radius 2 is 2.00 bits per heavy atom. The van der Waals surface area contributed by atoms with Crippen LogP contribution in [0, 0.1) is 5.82 Å². The second-order valence-corrected chi connectivity index (χ2v) is 7.68. The van der Waals surface area contributed by atoms with Crippen LogP contribution in [0.15, 0.2) is 59.8 Å². The number of methoxy groups -OCH3 is 1. The normalized spacial score (nSPS) is 11.4. The van der Waals surface area contributed by atoms with E-state index in [1.54, 1.807) is 18.2 Å². The van der Waals surface area contributed by atoms with Gasteiger partial charge in [0, 0.05) is 17.1 Å². The Labute approximate surface area is 166 Å². The molecule has 0 aliphatic carbocycles. The maximum Gasteiger partial charge on any atom is 0.268 e. The van der Waals surface area contributed by atoms with Crippen molar-refractivity contribution in [1.82, 2.24) is 13.9 Å². The molecule has 7 nitrogen and oxygen atoms in total. The third-order valence-corrected chi connectivity index (χ3v) is 5.89. The van der Waals surface area contributed by atoms with Gasteiger partial charge in [-0.05, 0) is 36.4 Å². The van der Waals surface area contributed by atoms with Gasteiger partial charge < -0.3 is 15.5 Å². The first-order chi connectivity index (χ1) is 12.9. The van der Waals surface area contributed by atoms with E-state index >= 15 is 0 Å². The number of hydrogen-bond donors (Lipinski definition) is 2. The molecular formula is C18H16ClFN4O3S. The highest BCUT2D eigenvalue weighted by molar-refractivity contribution is 7.90. The molecule has 0 aliphatic rings. The van der Waals surface area contributed by atoms with E-state index in [2.05, 4.69) is 9.97 Å². The van der Waals surface area contributed by atoms with Gasteiger partial charge in [-0.2, -0.15) is 0 Å². The molecule has 0 amide bonds. The zero-order valence-electron chi connectivity index (χ0n) is 14.6. The van der Waals surface area contributed by atoms with Crippen molar-refractivity contribution < 1.29 is 17.5 Å². The number of anilines is 1. The summed E-state index contributed by atoms with van der Waals surface area (Å²) in [5.41, 5.74) is 7.21. The molecule has 0 atom stereocenters. The second kappa shape index (κ2) is 7.17. The highest BCUT2D eigenvalue weighted by Crippen LogP contribution is 2.34. The molecular weight excluding hydrogens is 407 g/mol. The lowest BCUT2D eigenvalue weighted by atomic mass is 10.1. The van der Waals surface area contributed by atoms with Crippen LogP contribution in [-0.4, -0.2) is 29.5 Å². The van der Waals surface area contributed by atoms with Crippen LogP contribution in [0.3, 0.4) is 0 Å². The zero-order valence-corrected chi connectivity index (χ0v) is 16.2. The number of nitrogen functional groups attached to an aromatic ring is 1. The molecule has 0 aliphatic heterocycles. The van der Waals surface area contributed by atoms with Crippen molar-refractivity contribution in [3.05, 3.63) is 60.7 Å². The fourth-order valence-corrected chi connectivity index (χ4v) is 4.34. The summed E-state index contributed by atoms with van der Waals surface area (Å²) in [7, 11) is -2.49. The molecule has 10 heteroatoms. The summed E-state index contributed by atoms with van der Waals surface area (Å²) in [5.74, 6) is 0.148.